The third kappa shape index (κ3) is 4.27. The number of rotatable bonds is 4. The zero-order chi connectivity index (χ0) is 14.8. The van der Waals surface area contributed by atoms with Gasteiger partial charge in [-0.3, -0.25) is 0 Å². The standard InChI is InChI=1S/C15H24ClN3S/c1-15(2,3)18-8-11-7-14(17-9-13(11)16)19(4)12-5-6-20-10-12/h7,9,12,18H,5-6,8,10H2,1-4H3. The van der Waals surface area contributed by atoms with Gasteiger partial charge < -0.3 is 10.2 Å². The van der Waals surface area contributed by atoms with Gasteiger partial charge in [0, 0.05) is 37.1 Å². The zero-order valence-corrected chi connectivity index (χ0v) is 14.3. The molecule has 0 aromatic carbocycles. The van der Waals surface area contributed by atoms with Crippen LogP contribution in [0.1, 0.15) is 32.8 Å². The van der Waals surface area contributed by atoms with Crippen LogP contribution >= 0.6 is 23.4 Å². The monoisotopic (exact) mass is 313 g/mol. The van der Waals surface area contributed by atoms with E-state index >= 15 is 0 Å². The van der Waals surface area contributed by atoms with E-state index in [4.69, 9.17) is 11.6 Å². The molecule has 1 fully saturated rings. The van der Waals surface area contributed by atoms with Crippen LogP contribution in [0.15, 0.2) is 12.3 Å². The highest BCUT2D eigenvalue weighted by Crippen LogP contribution is 2.27. The summed E-state index contributed by atoms with van der Waals surface area (Å²) < 4.78 is 0. The SMILES string of the molecule is CN(c1cc(CNC(C)(C)C)c(Cl)cn1)C1CCSC1. The van der Waals surface area contributed by atoms with Gasteiger partial charge in [0.2, 0.25) is 0 Å². The molecule has 1 unspecified atom stereocenters. The lowest BCUT2D eigenvalue weighted by atomic mass is 10.1. The molecule has 1 saturated heterocycles. The fourth-order valence-corrected chi connectivity index (χ4v) is 3.61. The van der Waals surface area contributed by atoms with E-state index in [1.807, 2.05) is 11.8 Å². The molecule has 1 N–H and O–H groups in total. The van der Waals surface area contributed by atoms with Gasteiger partial charge >= 0.3 is 0 Å². The highest BCUT2D eigenvalue weighted by atomic mass is 35.5. The highest BCUT2D eigenvalue weighted by molar-refractivity contribution is 7.99. The first kappa shape index (κ1) is 15.9. The molecule has 5 heteroatoms. The molecule has 1 aliphatic heterocycles. The van der Waals surface area contributed by atoms with Crippen LogP contribution < -0.4 is 10.2 Å². The molecule has 3 nitrogen and oxygen atoms in total. The van der Waals surface area contributed by atoms with Gasteiger partial charge in [0.25, 0.3) is 0 Å². The Labute approximate surface area is 131 Å². The lowest BCUT2D eigenvalue weighted by molar-refractivity contribution is 0.424. The van der Waals surface area contributed by atoms with E-state index in [0.29, 0.717) is 6.04 Å². The Morgan fingerprint density at radius 3 is 2.85 bits per heavy atom. The topological polar surface area (TPSA) is 28.2 Å². The summed E-state index contributed by atoms with van der Waals surface area (Å²) in [6, 6.07) is 2.71. The van der Waals surface area contributed by atoms with Crippen LogP contribution in [-0.2, 0) is 6.54 Å². The van der Waals surface area contributed by atoms with Crippen LogP contribution in [0.4, 0.5) is 5.82 Å². The van der Waals surface area contributed by atoms with Gasteiger partial charge in [0.15, 0.2) is 0 Å². The van der Waals surface area contributed by atoms with Crippen LogP contribution in [0.5, 0.6) is 0 Å². The first-order valence-electron chi connectivity index (χ1n) is 7.07. The number of aromatic nitrogens is 1. The van der Waals surface area contributed by atoms with Crippen molar-refractivity contribution in [3.8, 4) is 0 Å². The minimum Gasteiger partial charge on any atom is -0.356 e. The molecule has 2 rings (SSSR count). The van der Waals surface area contributed by atoms with E-state index in [0.717, 1.165) is 22.9 Å². The number of hydrogen-bond donors (Lipinski definition) is 1. The molecule has 0 saturated carbocycles. The highest BCUT2D eigenvalue weighted by Gasteiger charge is 2.21. The molecular weight excluding hydrogens is 290 g/mol. The number of nitrogens with zero attached hydrogens (tertiary/aromatic N) is 2. The first-order chi connectivity index (χ1) is 9.37. The molecule has 0 amide bonds. The van der Waals surface area contributed by atoms with E-state index in [1.165, 1.54) is 17.9 Å². The Bertz CT molecular complexity index is 453. The molecule has 2 heterocycles. The zero-order valence-electron chi connectivity index (χ0n) is 12.7. The Morgan fingerprint density at radius 2 is 2.25 bits per heavy atom. The number of halogens is 1. The molecule has 1 aromatic heterocycles. The summed E-state index contributed by atoms with van der Waals surface area (Å²) >= 11 is 8.28. The number of pyridine rings is 1. The second kappa shape index (κ2) is 6.54. The Hall–Kier alpha value is -0.450. The predicted molar refractivity (Wildman–Crippen MR) is 90.0 cm³/mol. The van der Waals surface area contributed by atoms with Crippen LogP contribution in [0, 0.1) is 0 Å². The molecule has 1 atom stereocenters. The van der Waals surface area contributed by atoms with Gasteiger partial charge in [-0.1, -0.05) is 11.6 Å². The van der Waals surface area contributed by atoms with Crippen LogP contribution in [0.25, 0.3) is 0 Å². The minimum absolute atomic E-state index is 0.0841. The molecular formula is C15H24ClN3S. The maximum Gasteiger partial charge on any atom is 0.128 e. The summed E-state index contributed by atoms with van der Waals surface area (Å²) in [6.07, 6.45) is 3.01. The number of hydrogen-bond acceptors (Lipinski definition) is 4. The smallest absolute Gasteiger partial charge is 0.128 e. The summed E-state index contributed by atoms with van der Waals surface area (Å²) in [7, 11) is 2.13. The van der Waals surface area contributed by atoms with E-state index in [1.54, 1.807) is 6.20 Å². The fraction of sp³-hybridized carbons (Fsp3) is 0.667. The van der Waals surface area contributed by atoms with Gasteiger partial charge in [-0.2, -0.15) is 11.8 Å². The number of anilines is 1. The molecule has 20 heavy (non-hydrogen) atoms. The lowest BCUT2D eigenvalue weighted by Gasteiger charge is -2.26. The fourth-order valence-electron chi connectivity index (χ4n) is 2.17. The average Bonchev–Trinajstić information content (AvgIpc) is 2.90. The van der Waals surface area contributed by atoms with Crippen molar-refractivity contribution >= 4 is 29.2 Å². The lowest BCUT2D eigenvalue weighted by Crippen LogP contribution is -2.35. The Morgan fingerprint density at radius 1 is 1.50 bits per heavy atom. The summed E-state index contributed by atoms with van der Waals surface area (Å²) in [6.45, 7) is 7.24. The van der Waals surface area contributed by atoms with Crippen molar-refractivity contribution in [2.75, 3.05) is 23.5 Å². The van der Waals surface area contributed by atoms with Crippen molar-refractivity contribution in [3.63, 3.8) is 0 Å². The molecule has 1 aromatic rings. The van der Waals surface area contributed by atoms with Crippen LogP contribution in [0.3, 0.4) is 0 Å². The van der Waals surface area contributed by atoms with Gasteiger partial charge in [0.1, 0.15) is 5.82 Å². The quantitative estimate of drug-likeness (QED) is 0.920. The van der Waals surface area contributed by atoms with Crippen molar-refractivity contribution in [2.24, 2.45) is 0 Å². The Kier molecular flexibility index (Phi) is 5.21. The van der Waals surface area contributed by atoms with Gasteiger partial charge in [0.05, 0.1) is 5.02 Å². The van der Waals surface area contributed by atoms with E-state index in [2.05, 4.69) is 49.1 Å². The van der Waals surface area contributed by atoms with Crippen molar-refractivity contribution < 1.29 is 0 Å². The second-order valence-corrected chi connectivity index (χ2v) is 7.92. The Balaban J connectivity index is 2.11. The summed E-state index contributed by atoms with van der Waals surface area (Å²) in [5, 5.41) is 4.22. The number of thioether (sulfide) groups is 1. The molecule has 112 valence electrons. The second-order valence-electron chi connectivity index (χ2n) is 6.37. The third-order valence-electron chi connectivity index (χ3n) is 3.54. The van der Waals surface area contributed by atoms with E-state index < -0.39 is 0 Å². The van der Waals surface area contributed by atoms with Gasteiger partial charge in [-0.15, -0.1) is 0 Å². The molecule has 0 radical (unpaired) electrons. The summed E-state index contributed by atoms with van der Waals surface area (Å²) in [5.74, 6) is 3.46. The minimum atomic E-state index is 0.0841. The van der Waals surface area contributed by atoms with E-state index in [-0.39, 0.29) is 5.54 Å². The third-order valence-corrected chi connectivity index (χ3v) is 5.03. The van der Waals surface area contributed by atoms with E-state index in [9.17, 15) is 0 Å². The van der Waals surface area contributed by atoms with Crippen molar-refractivity contribution in [1.29, 1.82) is 0 Å². The van der Waals surface area contributed by atoms with Crippen LogP contribution in [-0.4, -0.2) is 35.1 Å². The maximum absolute atomic E-state index is 6.26. The maximum atomic E-state index is 6.26. The molecule has 0 aliphatic carbocycles. The summed E-state index contributed by atoms with van der Waals surface area (Å²) in [4.78, 5) is 6.77. The summed E-state index contributed by atoms with van der Waals surface area (Å²) in [5.41, 5.74) is 1.20. The largest absolute Gasteiger partial charge is 0.356 e. The van der Waals surface area contributed by atoms with Crippen molar-refractivity contribution in [3.05, 3.63) is 22.8 Å². The van der Waals surface area contributed by atoms with Gasteiger partial charge in [-0.25, -0.2) is 4.98 Å². The molecule has 0 spiro atoms. The predicted octanol–water partition coefficient (Wildman–Crippen LogP) is 3.56. The van der Waals surface area contributed by atoms with Gasteiger partial charge in [-0.05, 0) is 44.6 Å². The molecule has 0 bridgehead atoms. The normalized spacial score (nSPS) is 19.4. The van der Waals surface area contributed by atoms with Crippen LogP contribution in [0.2, 0.25) is 5.02 Å². The van der Waals surface area contributed by atoms with Crippen molar-refractivity contribution in [2.45, 2.75) is 45.3 Å². The number of nitrogens with one attached hydrogen (secondary N) is 1. The van der Waals surface area contributed by atoms with Crippen molar-refractivity contribution in [1.82, 2.24) is 10.3 Å². The first-order valence-corrected chi connectivity index (χ1v) is 8.60. The molecule has 1 aliphatic rings. The average molecular weight is 314 g/mol.